The van der Waals surface area contributed by atoms with Crippen molar-refractivity contribution in [2.45, 2.75) is 31.9 Å². The summed E-state index contributed by atoms with van der Waals surface area (Å²) in [5, 5.41) is 10.8. The van der Waals surface area contributed by atoms with Gasteiger partial charge in [0.25, 0.3) is 0 Å². The first-order valence-electron chi connectivity index (χ1n) is 6.77. The summed E-state index contributed by atoms with van der Waals surface area (Å²) in [6.07, 6.45) is 2.34. The quantitative estimate of drug-likeness (QED) is 0.943. The molecule has 0 aliphatic heterocycles. The Kier molecular flexibility index (Phi) is 3.72. The molecular weight excluding hydrogens is 275 g/mol. The molecule has 2 aromatic rings. The molecule has 0 spiro atoms. The van der Waals surface area contributed by atoms with Gasteiger partial charge in [-0.25, -0.2) is 9.37 Å². The Bertz CT molecular complexity index is 614. The summed E-state index contributed by atoms with van der Waals surface area (Å²) in [4.78, 5) is 7.51. The van der Waals surface area contributed by atoms with Gasteiger partial charge in [0.2, 0.25) is 0 Å². The Balaban J connectivity index is 1.81. The van der Waals surface area contributed by atoms with Crippen molar-refractivity contribution in [2.24, 2.45) is 0 Å². The third kappa shape index (κ3) is 2.55. The van der Waals surface area contributed by atoms with Crippen molar-refractivity contribution < 1.29 is 9.50 Å². The Morgan fingerprint density at radius 2 is 2.25 bits per heavy atom. The largest absolute Gasteiger partial charge is 0.388 e. The molecule has 1 aromatic heterocycles. The van der Waals surface area contributed by atoms with Gasteiger partial charge in [-0.3, -0.25) is 0 Å². The van der Waals surface area contributed by atoms with Crippen LogP contribution in [0.4, 0.5) is 9.52 Å². The summed E-state index contributed by atoms with van der Waals surface area (Å²) < 4.78 is 13.7. The molecular formula is C15H17FN2OS. The van der Waals surface area contributed by atoms with E-state index in [9.17, 15) is 9.50 Å². The number of aliphatic hydroxyl groups is 1. The number of hydrogen-bond acceptors (Lipinski definition) is 4. The second kappa shape index (κ2) is 5.50. The van der Waals surface area contributed by atoms with Gasteiger partial charge in [-0.05, 0) is 25.3 Å². The van der Waals surface area contributed by atoms with Crippen molar-refractivity contribution in [3.8, 4) is 0 Å². The lowest BCUT2D eigenvalue weighted by molar-refractivity contribution is 0.160. The van der Waals surface area contributed by atoms with Crippen molar-refractivity contribution in [1.82, 2.24) is 4.98 Å². The fourth-order valence-corrected chi connectivity index (χ4v) is 3.59. The van der Waals surface area contributed by atoms with E-state index in [1.807, 2.05) is 18.0 Å². The molecule has 0 saturated carbocycles. The average Bonchev–Trinajstić information content (AvgIpc) is 2.87. The number of nitrogens with zero attached hydrogens (tertiary/aromatic N) is 2. The van der Waals surface area contributed by atoms with E-state index in [1.54, 1.807) is 12.1 Å². The van der Waals surface area contributed by atoms with Gasteiger partial charge in [0.15, 0.2) is 5.13 Å². The number of thiazole rings is 1. The third-order valence-electron chi connectivity index (χ3n) is 3.60. The molecule has 3 rings (SSSR count). The van der Waals surface area contributed by atoms with Crippen molar-refractivity contribution in [3.05, 3.63) is 46.2 Å². The molecule has 1 aliphatic carbocycles. The third-order valence-corrected chi connectivity index (χ3v) is 4.92. The lowest BCUT2D eigenvalue weighted by Crippen LogP contribution is -2.17. The molecule has 1 heterocycles. The van der Waals surface area contributed by atoms with E-state index in [2.05, 4.69) is 4.98 Å². The highest BCUT2D eigenvalue weighted by Gasteiger charge is 2.24. The van der Waals surface area contributed by atoms with Crippen LogP contribution in [-0.2, 0) is 13.0 Å². The van der Waals surface area contributed by atoms with Gasteiger partial charge in [0.05, 0.1) is 16.7 Å². The SMILES string of the molecule is CN(Cc1ccccc1F)c1nc2c(s1)C(O)CCC2. The fourth-order valence-electron chi connectivity index (χ4n) is 2.50. The van der Waals surface area contributed by atoms with Gasteiger partial charge in [-0.2, -0.15) is 0 Å². The first kappa shape index (κ1) is 13.5. The Hall–Kier alpha value is -1.46. The predicted octanol–water partition coefficient (Wildman–Crippen LogP) is 3.29. The summed E-state index contributed by atoms with van der Waals surface area (Å²) in [5.41, 5.74) is 1.66. The normalized spacial score (nSPS) is 17.9. The van der Waals surface area contributed by atoms with E-state index in [1.165, 1.54) is 17.4 Å². The number of benzene rings is 1. The topological polar surface area (TPSA) is 36.4 Å². The van der Waals surface area contributed by atoms with Crippen molar-refractivity contribution in [1.29, 1.82) is 0 Å². The molecule has 0 amide bonds. The highest BCUT2D eigenvalue weighted by atomic mass is 32.1. The minimum absolute atomic E-state index is 0.194. The van der Waals surface area contributed by atoms with Crippen LogP contribution in [0.5, 0.6) is 0 Å². The molecule has 3 nitrogen and oxygen atoms in total. The van der Waals surface area contributed by atoms with Crippen molar-refractivity contribution in [2.75, 3.05) is 11.9 Å². The van der Waals surface area contributed by atoms with Gasteiger partial charge in [0, 0.05) is 19.2 Å². The minimum Gasteiger partial charge on any atom is -0.388 e. The highest BCUT2D eigenvalue weighted by Crippen LogP contribution is 2.37. The van der Waals surface area contributed by atoms with Crippen molar-refractivity contribution in [3.63, 3.8) is 0 Å². The summed E-state index contributed by atoms with van der Waals surface area (Å²) in [6.45, 7) is 0.481. The van der Waals surface area contributed by atoms with E-state index in [4.69, 9.17) is 0 Å². The number of anilines is 1. The van der Waals surface area contributed by atoms with E-state index >= 15 is 0 Å². The summed E-state index contributed by atoms with van der Waals surface area (Å²) >= 11 is 1.52. The van der Waals surface area contributed by atoms with Gasteiger partial charge >= 0.3 is 0 Å². The second-order valence-corrected chi connectivity index (χ2v) is 6.17. The lowest BCUT2D eigenvalue weighted by Gasteiger charge is -2.16. The first-order valence-corrected chi connectivity index (χ1v) is 7.59. The minimum atomic E-state index is -0.383. The highest BCUT2D eigenvalue weighted by molar-refractivity contribution is 7.15. The Morgan fingerprint density at radius 1 is 1.45 bits per heavy atom. The van der Waals surface area contributed by atoms with Crippen LogP contribution in [-0.4, -0.2) is 17.1 Å². The monoisotopic (exact) mass is 292 g/mol. The number of hydrogen-bond donors (Lipinski definition) is 1. The van der Waals surface area contributed by atoms with Crippen LogP contribution < -0.4 is 4.90 Å². The predicted molar refractivity (Wildman–Crippen MR) is 78.5 cm³/mol. The molecule has 0 saturated heterocycles. The molecule has 0 radical (unpaired) electrons. The number of fused-ring (bicyclic) bond motifs is 1. The van der Waals surface area contributed by atoms with Crippen LogP contribution in [0.25, 0.3) is 0 Å². The van der Waals surface area contributed by atoms with Crippen LogP contribution in [0.1, 0.15) is 35.1 Å². The summed E-state index contributed by atoms with van der Waals surface area (Å²) in [6, 6.07) is 6.79. The van der Waals surface area contributed by atoms with Gasteiger partial charge in [-0.1, -0.05) is 29.5 Å². The molecule has 1 N–H and O–H groups in total. The van der Waals surface area contributed by atoms with E-state index < -0.39 is 0 Å². The zero-order chi connectivity index (χ0) is 14.1. The van der Waals surface area contributed by atoms with Crippen LogP contribution in [0.3, 0.4) is 0 Å². The van der Waals surface area contributed by atoms with Gasteiger partial charge in [-0.15, -0.1) is 0 Å². The number of aryl methyl sites for hydroxylation is 1. The van der Waals surface area contributed by atoms with E-state index in [-0.39, 0.29) is 11.9 Å². The molecule has 1 unspecified atom stereocenters. The van der Waals surface area contributed by atoms with Crippen LogP contribution in [0.15, 0.2) is 24.3 Å². The lowest BCUT2D eigenvalue weighted by atomic mass is 10.0. The molecule has 1 aliphatic rings. The maximum absolute atomic E-state index is 13.7. The molecule has 1 atom stereocenters. The summed E-state index contributed by atoms with van der Waals surface area (Å²) in [7, 11) is 1.91. The Morgan fingerprint density at radius 3 is 3.00 bits per heavy atom. The standard InChI is InChI=1S/C15H17FN2OS/c1-18(9-10-5-2-3-6-11(10)16)15-17-12-7-4-8-13(19)14(12)20-15/h2-3,5-6,13,19H,4,7-9H2,1H3. The molecule has 106 valence electrons. The van der Waals surface area contributed by atoms with E-state index in [0.717, 1.165) is 35.0 Å². The zero-order valence-corrected chi connectivity index (χ0v) is 12.2. The smallest absolute Gasteiger partial charge is 0.185 e. The van der Waals surface area contributed by atoms with Gasteiger partial charge in [0.1, 0.15) is 5.82 Å². The second-order valence-electron chi connectivity index (χ2n) is 5.16. The van der Waals surface area contributed by atoms with Crippen LogP contribution in [0.2, 0.25) is 0 Å². The molecule has 1 aromatic carbocycles. The number of halogens is 1. The summed E-state index contributed by atoms with van der Waals surface area (Å²) in [5.74, 6) is -0.194. The number of rotatable bonds is 3. The van der Waals surface area contributed by atoms with Crippen LogP contribution in [0, 0.1) is 5.82 Å². The van der Waals surface area contributed by atoms with Crippen molar-refractivity contribution >= 4 is 16.5 Å². The maximum atomic E-state index is 13.7. The fraction of sp³-hybridized carbons (Fsp3) is 0.400. The average molecular weight is 292 g/mol. The number of aromatic nitrogens is 1. The first-order chi connectivity index (χ1) is 9.65. The maximum Gasteiger partial charge on any atom is 0.185 e. The Labute approximate surface area is 121 Å². The van der Waals surface area contributed by atoms with E-state index in [0.29, 0.717) is 12.1 Å². The van der Waals surface area contributed by atoms with Crippen LogP contribution >= 0.6 is 11.3 Å². The molecule has 0 bridgehead atoms. The molecule has 0 fully saturated rings. The number of aliphatic hydroxyl groups excluding tert-OH is 1. The zero-order valence-electron chi connectivity index (χ0n) is 11.3. The molecule has 20 heavy (non-hydrogen) atoms. The molecule has 5 heteroatoms. The van der Waals surface area contributed by atoms with Gasteiger partial charge < -0.3 is 10.0 Å².